The quantitative estimate of drug-likeness (QED) is 0.527. The summed E-state index contributed by atoms with van der Waals surface area (Å²) < 4.78 is 33.1. The van der Waals surface area contributed by atoms with Gasteiger partial charge in [0, 0.05) is 13.7 Å². The molecule has 0 heterocycles. The fourth-order valence-electron chi connectivity index (χ4n) is 1.42. The van der Waals surface area contributed by atoms with Crippen molar-refractivity contribution < 1.29 is 13.2 Å². The summed E-state index contributed by atoms with van der Waals surface area (Å²) >= 11 is 0. The molecule has 1 aromatic carbocycles. The maximum absolute atomic E-state index is 11.8. The first-order valence-corrected chi connectivity index (χ1v) is 6.97. The molecule has 7 heteroatoms. The summed E-state index contributed by atoms with van der Waals surface area (Å²) in [6.45, 7) is 4.23. The van der Waals surface area contributed by atoms with Crippen LogP contribution in [0.2, 0.25) is 0 Å². The lowest BCUT2D eigenvalue weighted by Gasteiger charge is -2.15. The molecule has 0 saturated heterocycles. The monoisotopic (exact) mass is 273 g/mol. The molecule has 1 aromatic rings. The van der Waals surface area contributed by atoms with Gasteiger partial charge in [0.1, 0.15) is 0 Å². The predicted octanol–water partition coefficient (Wildman–Crippen LogP) is 0.778. The zero-order valence-electron chi connectivity index (χ0n) is 10.8. The second kappa shape index (κ2) is 6.03. The Morgan fingerprint density at radius 1 is 1.33 bits per heavy atom. The fourth-order valence-corrected chi connectivity index (χ4v) is 2.38. The Balaban J connectivity index is 2.87. The smallest absolute Gasteiger partial charge is 0.299 e. The largest absolute Gasteiger partial charge is 0.397 e. The maximum atomic E-state index is 11.8. The molecule has 0 saturated carbocycles. The molecule has 4 N–H and O–H groups in total. The topological polar surface area (TPSA) is 93.4 Å². The van der Waals surface area contributed by atoms with Gasteiger partial charge in [-0.05, 0) is 31.0 Å². The van der Waals surface area contributed by atoms with E-state index in [1.807, 2.05) is 19.9 Å². The van der Waals surface area contributed by atoms with Crippen molar-refractivity contribution in [1.82, 2.24) is 4.72 Å². The van der Waals surface area contributed by atoms with Crippen LogP contribution in [0.1, 0.15) is 11.1 Å². The van der Waals surface area contributed by atoms with Gasteiger partial charge < -0.3 is 10.5 Å². The van der Waals surface area contributed by atoms with Crippen molar-refractivity contribution in [3.63, 3.8) is 0 Å². The molecule has 102 valence electrons. The van der Waals surface area contributed by atoms with Gasteiger partial charge in [-0.15, -0.1) is 0 Å². The van der Waals surface area contributed by atoms with Crippen molar-refractivity contribution in [3.8, 4) is 0 Å². The number of methoxy groups -OCH3 is 1. The van der Waals surface area contributed by atoms with Gasteiger partial charge in [-0.3, -0.25) is 4.72 Å². The maximum Gasteiger partial charge on any atom is 0.299 e. The van der Waals surface area contributed by atoms with E-state index in [0.29, 0.717) is 18.0 Å². The lowest BCUT2D eigenvalue weighted by atomic mass is 10.1. The van der Waals surface area contributed by atoms with Gasteiger partial charge >= 0.3 is 0 Å². The highest BCUT2D eigenvalue weighted by molar-refractivity contribution is 7.90. The van der Waals surface area contributed by atoms with Gasteiger partial charge in [0.05, 0.1) is 18.0 Å². The van der Waals surface area contributed by atoms with Crippen LogP contribution >= 0.6 is 0 Å². The summed E-state index contributed by atoms with van der Waals surface area (Å²) in [7, 11) is -2.12. The molecular weight excluding hydrogens is 254 g/mol. The number of aryl methyl sites for hydroxylation is 1. The average Bonchev–Trinajstić information content (AvgIpc) is 2.30. The fraction of sp³-hybridized carbons (Fsp3) is 0.455. The Morgan fingerprint density at radius 3 is 2.61 bits per heavy atom. The summed E-state index contributed by atoms with van der Waals surface area (Å²) in [5.74, 6) is 0. The number of hydrogen-bond acceptors (Lipinski definition) is 4. The molecule has 0 aliphatic carbocycles. The van der Waals surface area contributed by atoms with E-state index in [1.54, 1.807) is 6.07 Å². The molecule has 0 fully saturated rings. The molecule has 18 heavy (non-hydrogen) atoms. The van der Waals surface area contributed by atoms with Crippen molar-refractivity contribution in [3.05, 3.63) is 23.3 Å². The van der Waals surface area contributed by atoms with E-state index in [-0.39, 0.29) is 6.54 Å². The van der Waals surface area contributed by atoms with Crippen molar-refractivity contribution in [2.75, 3.05) is 30.7 Å². The van der Waals surface area contributed by atoms with Crippen LogP contribution in [0, 0.1) is 13.8 Å². The van der Waals surface area contributed by atoms with Crippen molar-refractivity contribution >= 4 is 21.6 Å². The van der Waals surface area contributed by atoms with Gasteiger partial charge in [-0.1, -0.05) is 6.07 Å². The Kier molecular flexibility index (Phi) is 4.94. The van der Waals surface area contributed by atoms with Gasteiger partial charge in [0.25, 0.3) is 10.2 Å². The van der Waals surface area contributed by atoms with E-state index >= 15 is 0 Å². The van der Waals surface area contributed by atoms with Gasteiger partial charge in [-0.2, -0.15) is 13.1 Å². The lowest BCUT2D eigenvalue weighted by Crippen LogP contribution is -2.33. The normalized spacial score (nSPS) is 11.5. The third kappa shape index (κ3) is 3.86. The van der Waals surface area contributed by atoms with Crippen LogP contribution in [0.5, 0.6) is 0 Å². The zero-order chi connectivity index (χ0) is 13.8. The summed E-state index contributed by atoms with van der Waals surface area (Å²) in [6, 6.07) is 3.52. The first-order valence-electron chi connectivity index (χ1n) is 5.49. The number of nitrogens with two attached hydrogens (primary N) is 1. The van der Waals surface area contributed by atoms with Gasteiger partial charge in [0.2, 0.25) is 0 Å². The molecule has 0 aromatic heterocycles. The zero-order valence-corrected chi connectivity index (χ0v) is 11.6. The third-order valence-corrected chi connectivity index (χ3v) is 3.66. The number of nitrogen functional groups attached to an aromatic ring is 1. The second-order valence-corrected chi connectivity index (χ2v) is 5.46. The summed E-state index contributed by atoms with van der Waals surface area (Å²) in [6.07, 6.45) is 0. The summed E-state index contributed by atoms with van der Waals surface area (Å²) in [5.41, 5.74) is 8.37. The van der Waals surface area contributed by atoms with E-state index in [1.165, 1.54) is 7.11 Å². The van der Waals surface area contributed by atoms with Crippen LogP contribution in [0.4, 0.5) is 11.4 Å². The molecule has 1 rings (SSSR count). The van der Waals surface area contributed by atoms with E-state index in [9.17, 15) is 8.42 Å². The van der Waals surface area contributed by atoms with Crippen LogP contribution in [0.3, 0.4) is 0 Å². The summed E-state index contributed by atoms with van der Waals surface area (Å²) in [5, 5.41) is 0. The van der Waals surface area contributed by atoms with Crippen LogP contribution < -0.4 is 15.2 Å². The van der Waals surface area contributed by atoms with Crippen molar-refractivity contribution in [2.45, 2.75) is 13.8 Å². The first-order chi connectivity index (χ1) is 8.37. The highest BCUT2D eigenvalue weighted by Crippen LogP contribution is 2.26. The molecule has 0 spiro atoms. The third-order valence-electron chi connectivity index (χ3n) is 2.60. The Morgan fingerprint density at radius 2 is 2.00 bits per heavy atom. The number of benzene rings is 1. The Hall–Kier alpha value is -1.31. The Bertz CT molecular complexity index is 515. The minimum atomic E-state index is -3.63. The highest BCUT2D eigenvalue weighted by atomic mass is 32.2. The summed E-state index contributed by atoms with van der Waals surface area (Å²) in [4.78, 5) is 0. The molecule has 6 nitrogen and oxygen atoms in total. The van der Waals surface area contributed by atoms with Crippen molar-refractivity contribution in [2.24, 2.45) is 0 Å². The first kappa shape index (κ1) is 14.7. The SMILES string of the molecule is COCCNS(=O)(=O)Nc1c(N)ccc(C)c1C. The molecule has 0 aliphatic heterocycles. The minimum absolute atomic E-state index is 0.205. The van der Waals surface area contributed by atoms with Gasteiger partial charge in [-0.25, -0.2) is 0 Å². The van der Waals surface area contributed by atoms with Crippen LogP contribution in [-0.2, 0) is 14.9 Å². The van der Waals surface area contributed by atoms with E-state index < -0.39 is 10.2 Å². The molecule has 0 aliphatic rings. The molecule has 0 unspecified atom stereocenters. The van der Waals surface area contributed by atoms with Crippen molar-refractivity contribution in [1.29, 1.82) is 0 Å². The molecule has 0 radical (unpaired) electrons. The predicted molar refractivity (Wildman–Crippen MR) is 72.7 cm³/mol. The number of rotatable bonds is 6. The molecule has 0 bridgehead atoms. The number of hydrogen-bond donors (Lipinski definition) is 3. The highest BCUT2D eigenvalue weighted by Gasteiger charge is 2.13. The standard InChI is InChI=1S/C11H19N3O3S/c1-8-4-5-10(12)11(9(8)2)14-18(15,16)13-6-7-17-3/h4-5,13-14H,6-7,12H2,1-3H3. The number of nitrogens with one attached hydrogen (secondary N) is 2. The lowest BCUT2D eigenvalue weighted by molar-refractivity contribution is 0.204. The Labute approximate surface area is 108 Å². The van der Waals surface area contributed by atoms with Crippen LogP contribution in [0.25, 0.3) is 0 Å². The molecule has 0 amide bonds. The minimum Gasteiger partial charge on any atom is -0.397 e. The molecule has 0 atom stereocenters. The molecular formula is C11H19N3O3S. The average molecular weight is 273 g/mol. The van der Waals surface area contributed by atoms with Crippen LogP contribution in [-0.4, -0.2) is 28.7 Å². The van der Waals surface area contributed by atoms with Gasteiger partial charge in [0.15, 0.2) is 0 Å². The second-order valence-electron chi connectivity index (χ2n) is 3.96. The van der Waals surface area contributed by atoms with E-state index in [0.717, 1.165) is 11.1 Å². The van der Waals surface area contributed by atoms with E-state index in [2.05, 4.69) is 9.44 Å². The number of anilines is 2. The van der Waals surface area contributed by atoms with E-state index in [4.69, 9.17) is 10.5 Å². The number of ether oxygens (including phenoxy) is 1. The van der Waals surface area contributed by atoms with Crippen LogP contribution in [0.15, 0.2) is 12.1 Å².